The predicted octanol–water partition coefficient (Wildman–Crippen LogP) is -0.139. The maximum atomic E-state index is 12.7. The third kappa shape index (κ3) is 4.65. The minimum Gasteiger partial charge on any atom is -0.355 e. The molecule has 2 saturated heterocycles. The highest BCUT2D eigenvalue weighted by Crippen LogP contribution is 2.17. The van der Waals surface area contributed by atoms with Gasteiger partial charge in [0, 0.05) is 45.8 Å². The second-order valence-corrected chi connectivity index (χ2v) is 7.88. The number of nitrogens with zero attached hydrogens (tertiary/aromatic N) is 3. The molecule has 1 N–H and O–H groups in total. The van der Waals surface area contributed by atoms with Gasteiger partial charge in [0.2, 0.25) is 5.91 Å². The average Bonchev–Trinajstić information content (AvgIpc) is 2.77. The summed E-state index contributed by atoms with van der Waals surface area (Å²) in [5.74, 6) is 0.00586. The lowest BCUT2D eigenvalue weighted by atomic mass is 10.2. The minimum absolute atomic E-state index is 0.00586. The van der Waals surface area contributed by atoms with Gasteiger partial charge in [-0.2, -0.15) is 17.0 Å². The topological polar surface area (TPSA) is 73.0 Å². The van der Waals surface area contributed by atoms with E-state index in [0.717, 1.165) is 25.7 Å². The van der Waals surface area contributed by atoms with Crippen LogP contribution in [-0.2, 0) is 15.0 Å². The molecule has 2 rings (SSSR count). The zero-order chi connectivity index (χ0) is 16.0. The maximum Gasteiger partial charge on any atom is 0.282 e. The Balaban J connectivity index is 1.85. The lowest BCUT2D eigenvalue weighted by Crippen LogP contribution is -2.54. The van der Waals surface area contributed by atoms with Crippen LogP contribution in [0.2, 0.25) is 0 Å². The van der Waals surface area contributed by atoms with Gasteiger partial charge in [-0.3, -0.25) is 9.69 Å². The fraction of sp³-hybridized carbons (Fsp3) is 0.929. The van der Waals surface area contributed by atoms with E-state index < -0.39 is 10.2 Å². The van der Waals surface area contributed by atoms with Crippen molar-refractivity contribution in [2.45, 2.75) is 32.6 Å². The van der Waals surface area contributed by atoms with Crippen LogP contribution in [0.4, 0.5) is 0 Å². The van der Waals surface area contributed by atoms with Gasteiger partial charge < -0.3 is 5.32 Å². The van der Waals surface area contributed by atoms with Crippen molar-refractivity contribution < 1.29 is 13.2 Å². The van der Waals surface area contributed by atoms with Gasteiger partial charge in [0.15, 0.2) is 0 Å². The summed E-state index contributed by atoms with van der Waals surface area (Å²) in [6.45, 7) is 6.32. The van der Waals surface area contributed by atoms with Crippen molar-refractivity contribution in [1.29, 1.82) is 0 Å². The summed E-state index contributed by atoms with van der Waals surface area (Å²) in [5, 5.41) is 2.77. The fourth-order valence-corrected chi connectivity index (χ4v) is 4.68. The summed E-state index contributed by atoms with van der Waals surface area (Å²) >= 11 is 0. The first kappa shape index (κ1) is 17.7. The highest BCUT2D eigenvalue weighted by Gasteiger charge is 2.32. The standard InChI is InChI=1S/C14H28N4O3S/c1-2-15-14(19)13-16-9-11-18(12-10-16)22(20,21)17-7-5-3-4-6-8-17/h2-13H2,1H3,(H,15,19). The number of piperazine rings is 1. The Morgan fingerprint density at radius 1 is 0.909 bits per heavy atom. The molecule has 0 bridgehead atoms. The Bertz CT molecular complexity index is 453. The van der Waals surface area contributed by atoms with Crippen LogP contribution in [0, 0.1) is 0 Å². The smallest absolute Gasteiger partial charge is 0.282 e. The minimum atomic E-state index is -3.33. The molecular formula is C14H28N4O3S. The van der Waals surface area contributed by atoms with E-state index in [1.807, 2.05) is 11.8 Å². The molecule has 0 aliphatic carbocycles. The van der Waals surface area contributed by atoms with Gasteiger partial charge >= 0.3 is 0 Å². The molecule has 2 aliphatic heterocycles. The van der Waals surface area contributed by atoms with Crippen molar-refractivity contribution in [3.8, 4) is 0 Å². The predicted molar refractivity (Wildman–Crippen MR) is 85.7 cm³/mol. The third-order valence-electron chi connectivity index (χ3n) is 4.29. The molecule has 7 nitrogen and oxygen atoms in total. The van der Waals surface area contributed by atoms with Crippen LogP contribution in [0.3, 0.4) is 0 Å². The molecule has 22 heavy (non-hydrogen) atoms. The second kappa shape index (κ2) is 8.24. The van der Waals surface area contributed by atoms with E-state index in [0.29, 0.717) is 52.4 Å². The Morgan fingerprint density at radius 3 is 2.00 bits per heavy atom. The Morgan fingerprint density at radius 2 is 1.45 bits per heavy atom. The summed E-state index contributed by atoms with van der Waals surface area (Å²) in [5.41, 5.74) is 0. The number of amides is 1. The fourth-order valence-electron chi connectivity index (χ4n) is 3.01. The first-order valence-corrected chi connectivity index (χ1v) is 9.68. The lowest BCUT2D eigenvalue weighted by molar-refractivity contribution is -0.122. The molecule has 0 aromatic rings. The summed E-state index contributed by atoms with van der Waals surface area (Å²) in [6.07, 6.45) is 4.14. The van der Waals surface area contributed by atoms with E-state index in [-0.39, 0.29) is 5.91 Å². The summed E-state index contributed by atoms with van der Waals surface area (Å²) in [4.78, 5) is 13.6. The molecule has 0 saturated carbocycles. The van der Waals surface area contributed by atoms with Crippen molar-refractivity contribution >= 4 is 16.1 Å². The summed E-state index contributed by atoms with van der Waals surface area (Å²) in [7, 11) is -3.33. The van der Waals surface area contributed by atoms with Crippen molar-refractivity contribution in [3.63, 3.8) is 0 Å². The van der Waals surface area contributed by atoms with E-state index in [1.54, 1.807) is 8.61 Å². The van der Waals surface area contributed by atoms with Gasteiger partial charge in [-0.15, -0.1) is 0 Å². The van der Waals surface area contributed by atoms with Crippen molar-refractivity contribution in [1.82, 2.24) is 18.8 Å². The number of rotatable bonds is 5. The number of hydrogen-bond donors (Lipinski definition) is 1. The van der Waals surface area contributed by atoms with E-state index >= 15 is 0 Å². The molecule has 1 amide bonds. The number of carbonyl (C=O) groups is 1. The molecule has 2 heterocycles. The normalized spacial score (nSPS) is 23.1. The molecule has 2 fully saturated rings. The van der Waals surface area contributed by atoms with E-state index in [2.05, 4.69) is 5.32 Å². The molecule has 128 valence electrons. The Labute approximate surface area is 133 Å². The van der Waals surface area contributed by atoms with Crippen molar-refractivity contribution in [3.05, 3.63) is 0 Å². The van der Waals surface area contributed by atoms with Crippen LogP contribution in [0.1, 0.15) is 32.6 Å². The van der Waals surface area contributed by atoms with Gasteiger partial charge in [0.25, 0.3) is 10.2 Å². The van der Waals surface area contributed by atoms with Gasteiger partial charge in [0.05, 0.1) is 6.54 Å². The van der Waals surface area contributed by atoms with Gasteiger partial charge in [0.1, 0.15) is 0 Å². The Kier molecular flexibility index (Phi) is 6.61. The molecular weight excluding hydrogens is 304 g/mol. The van der Waals surface area contributed by atoms with Crippen LogP contribution in [0.25, 0.3) is 0 Å². The van der Waals surface area contributed by atoms with Gasteiger partial charge in [-0.25, -0.2) is 0 Å². The number of nitrogens with one attached hydrogen (secondary N) is 1. The molecule has 0 unspecified atom stereocenters. The van der Waals surface area contributed by atoms with Crippen LogP contribution < -0.4 is 5.32 Å². The highest BCUT2D eigenvalue weighted by atomic mass is 32.2. The highest BCUT2D eigenvalue weighted by molar-refractivity contribution is 7.86. The maximum absolute atomic E-state index is 12.7. The van der Waals surface area contributed by atoms with E-state index in [1.165, 1.54) is 0 Å². The summed E-state index contributed by atoms with van der Waals surface area (Å²) in [6, 6.07) is 0. The van der Waals surface area contributed by atoms with Crippen LogP contribution >= 0.6 is 0 Å². The van der Waals surface area contributed by atoms with Crippen molar-refractivity contribution in [2.24, 2.45) is 0 Å². The molecule has 0 radical (unpaired) electrons. The van der Waals surface area contributed by atoms with Gasteiger partial charge in [-0.05, 0) is 19.8 Å². The number of carbonyl (C=O) groups excluding carboxylic acids is 1. The molecule has 0 aromatic carbocycles. The van der Waals surface area contributed by atoms with E-state index in [4.69, 9.17) is 0 Å². The van der Waals surface area contributed by atoms with E-state index in [9.17, 15) is 13.2 Å². The second-order valence-electron chi connectivity index (χ2n) is 5.95. The average molecular weight is 332 g/mol. The molecule has 0 spiro atoms. The molecule has 8 heteroatoms. The number of hydrogen-bond acceptors (Lipinski definition) is 4. The molecule has 2 aliphatic rings. The largest absolute Gasteiger partial charge is 0.355 e. The Hall–Kier alpha value is -0.700. The number of likely N-dealkylation sites (N-methyl/N-ethyl adjacent to an activating group) is 1. The first-order chi connectivity index (χ1) is 10.5. The summed E-state index contributed by atoms with van der Waals surface area (Å²) < 4.78 is 28.6. The van der Waals surface area contributed by atoms with Gasteiger partial charge in [-0.1, -0.05) is 12.8 Å². The third-order valence-corrected chi connectivity index (χ3v) is 6.33. The lowest BCUT2D eigenvalue weighted by Gasteiger charge is -2.36. The first-order valence-electron chi connectivity index (χ1n) is 8.28. The quantitative estimate of drug-likeness (QED) is 0.761. The van der Waals surface area contributed by atoms with Crippen molar-refractivity contribution in [2.75, 3.05) is 52.4 Å². The molecule has 0 aromatic heterocycles. The zero-order valence-corrected chi connectivity index (χ0v) is 14.3. The monoisotopic (exact) mass is 332 g/mol. The van der Waals surface area contributed by atoms with Crippen LogP contribution in [0.5, 0.6) is 0 Å². The zero-order valence-electron chi connectivity index (χ0n) is 13.5. The van der Waals surface area contributed by atoms with Crippen LogP contribution in [0.15, 0.2) is 0 Å². The molecule has 0 atom stereocenters. The SMILES string of the molecule is CCNC(=O)CN1CCN(S(=O)(=O)N2CCCCCC2)CC1. The van der Waals surface area contributed by atoms with Crippen LogP contribution in [-0.4, -0.2) is 80.2 Å².